The fraction of sp³-hybridized carbons (Fsp3) is 0.417. The Labute approximate surface area is 97.9 Å². The van der Waals surface area contributed by atoms with Crippen LogP contribution in [0.3, 0.4) is 0 Å². The minimum atomic E-state index is -0.874. The van der Waals surface area contributed by atoms with E-state index < -0.39 is 5.41 Å². The van der Waals surface area contributed by atoms with Crippen LogP contribution >= 0.6 is 0 Å². The van der Waals surface area contributed by atoms with Crippen LogP contribution in [0.4, 0.5) is 0 Å². The molecule has 0 aliphatic carbocycles. The third-order valence-corrected chi connectivity index (χ3v) is 3.16. The van der Waals surface area contributed by atoms with Crippen molar-refractivity contribution in [1.29, 1.82) is 0 Å². The zero-order valence-corrected chi connectivity index (χ0v) is 9.36. The van der Waals surface area contributed by atoms with E-state index in [0.29, 0.717) is 22.8 Å². The SMILES string of the molecule is CC1(CO)COc2cc3c(cc2C1=O)OCO3. The number of fused-ring (bicyclic) bond motifs is 2. The van der Waals surface area contributed by atoms with E-state index in [2.05, 4.69) is 0 Å². The van der Waals surface area contributed by atoms with Crippen LogP contribution in [-0.4, -0.2) is 30.9 Å². The summed E-state index contributed by atoms with van der Waals surface area (Å²) in [7, 11) is 0. The lowest BCUT2D eigenvalue weighted by atomic mass is 9.81. The van der Waals surface area contributed by atoms with Crippen molar-refractivity contribution in [3.63, 3.8) is 0 Å². The number of Topliss-reactive ketones (excluding diaryl/α,β-unsaturated/α-hetero) is 1. The maximum Gasteiger partial charge on any atom is 0.231 e. The van der Waals surface area contributed by atoms with Gasteiger partial charge in [-0.2, -0.15) is 0 Å². The lowest BCUT2D eigenvalue weighted by molar-refractivity contribution is 0.0454. The van der Waals surface area contributed by atoms with Gasteiger partial charge >= 0.3 is 0 Å². The number of ether oxygens (including phenoxy) is 3. The highest BCUT2D eigenvalue weighted by Crippen LogP contribution is 2.42. The standard InChI is InChI=1S/C12H12O5/c1-12(4-13)5-15-8-3-10-9(16-6-17-10)2-7(8)11(12)14/h2-3,13H,4-6H2,1H3. The van der Waals surface area contributed by atoms with E-state index in [0.717, 1.165) is 0 Å². The third-order valence-electron chi connectivity index (χ3n) is 3.16. The molecule has 1 aromatic carbocycles. The van der Waals surface area contributed by atoms with Gasteiger partial charge in [0.1, 0.15) is 12.4 Å². The van der Waals surface area contributed by atoms with Crippen molar-refractivity contribution in [3.05, 3.63) is 17.7 Å². The Bertz CT molecular complexity index is 496. The lowest BCUT2D eigenvalue weighted by Crippen LogP contribution is -2.41. The number of hydrogen-bond acceptors (Lipinski definition) is 5. The molecule has 0 saturated carbocycles. The highest BCUT2D eigenvalue weighted by atomic mass is 16.7. The smallest absolute Gasteiger partial charge is 0.231 e. The van der Waals surface area contributed by atoms with Gasteiger partial charge in [-0.15, -0.1) is 0 Å². The first-order chi connectivity index (χ1) is 8.14. The van der Waals surface area contributed by atoms with Gasteiger partial charge in [-0.05, 0) is 13.0 Å². The molecule has 5 heteroatoms. The molecule has 5 nitrogen and oxygen atoms in total. The molecule has 2 aliphatic heterocycles. The molecule has 0 bridgehead atoms. The molecule has 2 heterocycles. The first-order valence-corrected chi connectivity index (χ1v) is 5.36. The van der Waals surface area contributed by atoms with Crippen LogP contribution in [0.25, 0.3) is 0 Å². The second-order valence-electron chi connectivity index (χ2n) is 4.54. The Morgan fingerprint density at radius 2 is 1.94 bits per heavy atom. The third kappa shape index (κ3) is 1.39. The topological polar surface area (TPSA) is 65.0 Å². The first-order valence-electron chi connectivity index (χ1n) is 5.36. The van der Waals surface area contributed by atoms with Crippen LogP contribution in [0.1, 0.15) is 17.3 Å². The number of aliphatic hydroxyl groups excluding tert-OH is 1. The molecule has 0 radical (unpaired) electrons. The predicted molar refractivity (Wildman–Crippen MR) is 57.6 cm³/mol. The van der Waals surface area contributed by atoms with Crippen molar-refractivity contribution in [2.24, 2.45) is 5.41 Å². The molecule has 1 N–H and O–H groups in total. The highest BCUT2D eigenvalue weighted by Gasteiger charge is 2.40. The van der Waals surface area contributed by atoms with Gasteiger partial charge in [0.2, 0.25) is 6.79 Å². The second-order valence-corrected chi connectivity index (χ2v) is 4.54. The lowest BCUT2D eigenvalue weighted by Gasteiger charge is -2.31. The normalized spacial score (nSPS) is 25.4. The molecule has 1 unspecified atom stereocenters. The van der Waals surface area contributed by atoms with Crippen molar-refractivity contribution in [1.82, 2.24) is 0 Å². The summed E-state index contributed by atoms with van der Waals surface area (Å²) >= 11 is 0. The van der Waals surface area contributed by atoms with Crippen molar-refractivity contribution in [2.45, 2.75) is 6.92 Å². The zero-order valence-electron chi connectivity index (χ0n) is 9.36. The summed E-state index contributed by atoms with van der Waals surface area (Å²) in [6.07, 6.45) is 0. The van der Waals surface area contributed by atoms with Gasteiger partial charge in [0, 0.05) is 6.07 Å². The van der Waals surface area contributed by atoms with E-state index in [1.54, 1.807) is 19.1 Å². The highest BCUT2D eigenvalue weighted by molar-refractivity contribution is 6.04. The maximum absolute atomic E-state index is 12.2. The Balaban J connectivity index is 2.10. The van der Waals surface area contributed by atoms with Crippen LogP contribution < -0.4 is 14.2 Å². The predicted octanol–water partition coefficient (Wildman–Crippen LogP) is 0.989. The zero-order chi connectivity index (χ0) is 12.0. The van der Waals surface area contributed by atoms with Gasteiger partial charge in [0.15, 0.2) is 17.3 Å². The largest absolute Gasteiger partial charge is 0.492 e. The molecular weight excluding hydrogens is 224 g/mol. The molecule has 1 aromatic rings. The van der Waals surface area contributed by atoms with Crippen molar-refractivity contribution in [2.75, 3.05) is 20.0 Å². The van der Waals surface area contributed by atoms with E-state index >= 15 is 0 Å². The number of carbonyl (C=O) groups excluding carboxylic acids is 1. The van der Waals surface area contributed by atoms with Gasteiger partial charge in [0.05, 0.1) is 17.6 Å². The monoisotopic (exact) mass is 236 g/mol. The molecule has 0 saturated heterocycles. The van der Waals surface area contributed by atoms with Crippen LogP contribution in [-0.2, 0) is 0 Å². The number of rotatable bonds is 1. The second kappa shape index (κ2) is 3.37. The van der Waals surface area contributed by atoms with E-state index in [-0.39, 0.29) is 25.8 Å². The Morgan fingerprint density at radius 1 is 1.24 bits per heavy atom. The number of benzene rings is 1. The molecular formula is C12H12O5. The Morgan fingerprint density at radius 3 is 2.65 bits per heavy atom. The minimum absolute atomic E-state index is 0.125. The molecule has 0 fully saturated rings. The summed E-state index contributed by atoms with van der Waals surface area (Å²) in [5.41, 5.74) is -0.433. The van der Waals surface area contributed by atoms with Gasteiger partial charge in [-0.3, -0.25) is 4.79 Å². The molecule has 1 atom stereocenters. The van der Waals surface area contributed by atoms with Crippen LogP contribution in [0.15, 0.2) is 12.1 Å². The summed E-state index contributed by atoms with van der Waals surface area (Å²) in [5.74, 6) is 1.50. The van der Waals surface area contributed by atoms with E-state index in [9.17, 15) is 9.90 Å². The van der Waals surface area contributed by atoms with Gasteiger partial charge < -0.3 is 19.3 Å². The van der Waals surface area contributed by atoms with E-state index in [1.807, 2.05) is 0 Å². The number of hydrogen-bond donors (Lipinski definition) is 1. The maximum atomic E-state index is 12.2. The van der Waals surface area contributed by atoms with Crippen molar-refractivity contribution in [3.8, 4) is 17.2 Å². The summed E-state index contributed by atoms with van der Waals surface area (Å²) in [6.45, 7) is 1.78. The fourth-order valence-electron chi connectivity index (χ4n) is 1.97. The van der Waals surface area contributed by atoms with Gasteiger partial charge in [-0.1, -0.05) is 0 Å². The van der Waals surface area contributed by atoms with Gasteiger partial charge in [0.25, 0.3) is 0 Å². The van der Waals surface area contributed by atoms with Crippen molar-refractivity contribution < 1.29 is 24.1 Å². The van der Waals surface area contributed by atoms with E-state index in [4.69, 9.17) is 14.2 Å². The van der Waals surface area contributed by atoms with Crippen molar-refractivity contribution >= 4 is 5.78 Å². The van der Waals surface area contributed by atoms with Crippen LogP contribution in [0.2, 0.25) is 0 Å². The number of carbonyl (C=O) groups is 1. The Hall–Kier alpha value is -1.75. The summed E-state index contributed by atoms with van der Waals surface area (Å²) in [5, 5.41) is 9.28. The van der Waals surface area contributed by atoms with E-state index in [1.165, 1.54) is 0 Å². The Kier molecular flexibility index (Phi) is 2.06. The molecule has 0 aromatic heterocycles. The van der Waals surface area contributed by atoms with Gasteiger partial charge in [-0.25, -0.2) is 0 Å². The first kappa shape index (κ1) is 10.4. The molecule has 17 heavy (non-hydrogen) atoms. The summed E-state index contributed by atoms with van der Waals surface area (Å²) < 4.78 is 15.9. The number of aliphatic hydroxyl groups is 1. The molecule has 0 amide bonds. The average molecular weight is 236 g/mol. The summed E-state index contributed by atoms with van der Waals surface area (Å²) in [4.78, 5) is 12.2. The fourth-order valence-corrected chi connectivity index (χ4v) is 1.97. The molecule has 3 rings (SSSR count). The van der Waals surface area contributed by atoms with Crippen LogP contribution in [0, 0.1) is 5.41 Å². The molecule has 90 valence electrons. The average Bonchev–Trinajstić information content (AvgIpc) is 2.79. The summed E-state index contributed by atoms with van der Waals surface area (Å²) in [6, 6.07) is 3.28. The quantitative estimate of drug-likeness (QED) is 0.787. The van der Waals surface area contributed by atoms with Crippen LogP contribution in [0.5, 0.6) is 17.2 Å². The number of ketones is 1. The molecule has 0 spiro atoms. The molecule has 2 aliphatic rings. The minimum Gasteiger partial charge on any atom is -0.492 e.